The Kier molecular flexibility index (Phi) is 2.57. The van der Waals surface area contributed by atoms with Gasteiger partial charge in [0.25, 0.3) is 0 Å². The number of hydrogen-bond donors (Lipinski definition) is 2. The van der Waals surface area contributed by atoms with Gasteiger partial charge in [0.2, 0.25) is 0 Å². The van der Waals surface area contributed by atoms with E-state index in [9.17, 15) is 5.11 Å². The molecule has 0 spiro atoms. The second-order valence-corrected chi connectivity index (χ2v) is 5.91. The van der Waals surface area contributed by atoms with Crippen LogP contribution in [0.2, 0.25) is 0 Å². The van der Waals surface area contributed by atoms with Gasteiger partial charge in [-0.3, -0.25) is 0 Å². The molecule has 1 aromatic carbocycles. The van der Waals surface area contributed by atoms with Gasteiger partial charge in [-0.15, -0.1) is 0 Å². The second kappa shape index (κ2) is 3.83. The average Bonchev–Trinajstić information content (AvgIpc) is 2.59. The molecule has 0 aromatic heterocycles. The molecular formula is C13H16BrNO. The van der Waals surface area contributed by atoms with E-state index >= 15 is 0 Å². The van der Waals surface area contributed by atoms with Crippen LogP contribution in [0.25, 0.3) is 0 Å². The Hall–Kier alpha value is -0.380. The van der Waals surface area contributed by atoms with Crippen molar-refractivity contribution in [2.24, 2.45) is 0 Å². The standard InChI is InChI=1S/C13H16BrNO/c14-12-4-2-1-3-11(12)13(16)7-9-5-6-10(8-13)15-9/h1-4,9-10,15-16H,5-8H2. The van der Waals surface area contributed by atoms with Crippen LogP contribution in [0.3, 0.4) is 0 Å². The summed E-state index contributed by atoms with van der Waals surface area (Å²) in [6.45, 7) is 0. The molecule has 2 N–H and O–H groups in total. The zero-order valence-corrected chi connectivity index (χ0v) is 10.7. The lowest BCUT2D eigenvalue weighted by molar-refractivity contribution is -0.0120. The number of rotatable bonds is 1. The second-order valence-electron chi connectivity index (χ2n) is 5.06. The van der Waals surface area contributed by atoms with Crippen molar-refractivity contribution in [2.75, 3.05) is 0 Å². The van der Waals surface area contributed by atoms with Crippen LogP contribution in [0, 0.1) is 0 Å². The first-order valence-electron chi connectivity index (χ1n) is 5.91. The summed E-state index contributed by atoms with van der Waals surface area (Å²) in [6.07, 6.45) is 4.09. The normalized spacial score (nSPS) is 37.6. The van der Waals surface area contributed by atoms with Crippen LogP contribution in [0.15, 0.2) is 28.7 Å². The number of fused-ring (bicyclic) bond motifs is 2. The number of halogens is 1. The summed E-state index contributed by atoms with van der Waals surface area (Å²) in [5.41, 5.74) is 0.408. The Morgan fingerprint density at radius 2 is 1.81 bits per heavy atom. The third-order valence-electron chi connectivity index (χ3n) is 3.88. The Bertz CT molecular complexity index is 395. The minimum atomic E-state index is -0.642. The Morgan fingerprint density at radius 3 is 2.44 bits per heavy atom. The molecule has 2 aliphatic heterocycles. The molecule has 1 aromatic rings. The van der Waals surface area contributed by atoms with Gasteiger partial charge in [0, 0.05) is 16.6 Å². The van der Waals surface area contributed by atoms with E-state index in [-0.39, 0.29) is 0 Å². The molecule has 0 radical (unpaired) electrons. The molecule has 2 heterocycles. The zero-order chi connectivity index (χ0) is 11.2. The minimum absolute atomic E-state index is 0.496. The van der Waals surface area contributed by atoms with E-state index in [0.717, 1.165) is 22.9 Å². The van der Waals surface area contributed by atoms with Crippen molar-refractivity contribution >= 4 is 15.9 Å². The van der Waals surface area contributed by atoms with Gasteiger partial charge < -0.3 is 10.4 Å². The zero-order valence-electron chi connectivity index (χ0n) is 9.12. The fourth-order valence-corrected chi connectivity index (χ4v) is 3.84. The monoisotopic (exact) mass is 281 g/mol. The van der Waals surface area contributed by atoms with Gasteiger partial charge in [0.15, 0.2) is 0 Å². The molecule has 2 aliphatic rings. The number of aliphatic hydroxyl groups is 1. The maximum absolute atomic E-state index is 10.8. The molecule has 16 heavy (non-hydrogen) atoms. The summed E-state index contributed by atoms with van der Waals surface area (Å²) >= 11 is 3.55. The highest BCUT2D eigenvalue weighted by molar-refractivity contribution is 9.10. The van der Waals surface area contributed by atoms with E-state index in [1.807, 2.05) is 24.3 Å². The van der Waals surface area contributed by atoms with Gasteiger partial charge >= 0.3 is 0 Å². The summed E-state index contributed by atoms with van der Waals surface area (Å²) in [4.78, 5) is 0. The number of benzene rings is 1. The lowest BCUT2D eigenvalue weighted by atomic mass is 9.81. The number of piperidine rings is 1. The summed E-state index contributed by atoms with van der Waals surface area (Å²) in [6, 6.07) is 9.03. The molecule has 2 bridgehead atoms. The quantitative estimate of drug-likeness (QED) is 0.829. The molecule has 2 fully saturated rings. The molecule has 0 saturated carbocycles. The molecule has 0 amide bonds. The molecule has 2 saturated heterocycles. The van der Waals surface area contributed by atoms with Crippen LogP contribution in [-0.4, -0.2) is 17.2 Å². The van der Waals surface area contributed by atoms with E-state index in [1.165, 1.54) is 12.8 Å². The lowest BCUT2D eigenvalue weighted by Gasteiger charge is -2.38. The average molecular weight is 282 g/mol. The van der Waals surface area contributed by atoms with Crippen LogP contribution in [0.5, 0.6) is 0 Å². The van der Waals surface area contributed by atoms with Crippen molar-refractivity contribution in [3.8, 4) is 0 Å². The largest absolute Gasteiger partial charge is 0.385 e. The van der Waals surface area contributed by atoms with Crippen molar-refractivity contribution < 1.29 is 5.11 Å². The van der Waals surface area contributed by atoms with Crippen molar-refractivity contribution in [3.05, 3.63) is 34.3 Å². The van der Waals surface area contributed by atoms with Gasteiger partial charge in [0.1, 0.15) is 0 Å². The first kappa shape index (κ1) is 10.8. The molecule has 86 valence electrons. The maximum Gasteiger partial charge on any atom is 0.0937 e. The first-order valence-corrected chi connectivity index (χ1v) is 6.70. The highest BCUT2D eigenvalue weighted by Crippen LogP contribution is 2.42. The van der Waals surface area contributed by atoms with E-state index in [1.54, 1.807) is 0 Å². The van der Waals surface area contributed by atoms with Gasteiger partial charge in [-0.05, 0) is 37.3 Å². The Morgan fingerprint density at radius 1 is 1.19 bits per heavy atom. The number of hydrogen-bond acceptors (Lipinski definition) is 2. The predicted octanol–water partition coefficient (Wildman–Crippen LogP) is 2.55. The topological polar surface area (TPSA) is 32.3 Å². The van der Waals surface area contributed by atoms with Crippen LogP contribution < -0.4 is 5.32 Å². The maximum atomic E-state index is 10.8. The first-order chi connectivity index (χ1) is 7.67. The van der Waals surface area contributed by atoms with E-state index in [0.29, 0.717) is 12.1 Å². The van der Waals surface area contributed by atoms with Gasteiger partial charge in [0.05, 0.1) is 5.60 Å². The van der Waals surface area contributed by atoms with E-state index < -0.39 is 5.60 Å². The SMILES string of the molecule is OC1(c2ccccc2Br)CC2CCC(C1)N2. The van der Waals surface area contributed by atoms with Gasteiger partial charge in [-0.1, -0.05) is 34.1 Å². The highest BCUT2D eigenvalue weighted by atomic mass is 79.9. The fourth-order valence-electron chi connectivity index (χ4n) is 3.18. The molecule has 2 atom stereocenters. The molecule has 3 rings (SSSR count). The van der Waals surface area contributed by atoms with Crippen LogP contribution in [0.1, 0.15) is 31.2 Å². The Labute approximate surface area is 104 Å². The van der Waals surface area contributed by atoms with Crippen molar-refractivity contribution in [3.63, 3.8) is 0 Å². The lowest BCUT2D eigenvalue weighted by Crippen LogP contribution is -2.46. The van der Waals surface area contributed by atoms with Crippen molar-refractivity contribution in [1.29, 1.82) is 0 Å². The summed E-state index contributed by atoms with van der Waals surface area (Å²) in [7, 11) is 0. The third-order valence-corrected chi connectivity index (χ3v) is 4.57. The molecular weight excluding hydrogens is 266 g/mol. The van der Waals surface area contributed by atoms with Crippen molar-refractivity contribution in [2.45, 2.75) is 43.4 Å². The fraction of sp³-hybridized carbons (Fsp3) is 0.538. The molecule has 2 unspecified atom stereocenters. The minimum Gasteiger partial charge on any atom is -0.385 e. The van der Waals surface area contributed by atoms with Crippen LogP contribution in [-0.2, 0) is 5.60 Å². The highest BCUT2D eigenvalue weighted by Gasteiger charge is 2.44. The van der Waals surface area contributed by atoms with Crippen LogP contribution >= 0.6 is 15.9 Å². The summed E-state index contributed by atoms with van der Waals surface area (Å²) < 4.78 is 1.03. The summed E-state index contributed by atoms with van der Waals surface area (Å²) in [5, 5.41) is 14.4. The predicted molar refractivity (Wildman–Crippen MR) is 67.2 cm³/mol. The van der Waals surface area contributed by atoms with E-state index in [2.05, 4.69) is 21.2 Å². The third kappa shape index (κ3) is 1.71. The molecule has 2 nitrogen and oxygen atoms in total. The number of nitrogens with one attached hydrogen (secondary N) is 1. The van der Waals surface area contributed by atoms with Gasteiger partial charge in [-0.25, -0.2) is 0 Å². The Balaban J connectivity index is 1.96. The molecule has 3 heteroatoms. The van der Waals surface area contributed by atoms with Crippen molar-refractivity contribution in [1.82, 2.24) is 5.32 Å². The van der Waals surface area contributed by atoms with Crippen LogP contribution in [0.4, 0.5) is 0 Å². The van der Waals surface area contributed by atoms with E-state index in [4.69, 9.17) is 0 Å². The molecule has 0 aliphatic carbocycles. The van der Waals surface area contributed by atoms with Gasteiger partial charge in [-0.2, -0.15) is 0 Å². The summed E-state index contributed by atoms with van der Waals surface area (Å²) in [5.74, 6) is 0. The smallest absolute Gasteiger partial charge is 0.0937 e.